The standard InChI is InChI=1S/C18H30O/c1-5-14-11-12-18(3,4)15(6-2)17(14)16(19)10-9-13-7-8-13/h13-14H,5-12H2,1-4H3. The number of Topliss-reactive ketones (excluding diaryl/α,β-unsaturated/α-hetero) is 1. The maximum absolute atomic E-state index is 12.7. The van der Waals surface area contributed by atoms with E-state index >= 15 is 0 Å². The van der Waals surface area contributed by atoms with Crippen LogP contribution in [0, 0.1) is 17.3 Å². The first kappa shape index (κ1) is 14.8. The molecule has 1 saturated carbocycles. The third-order valence-electron chi connectivity index (χ3n) is 5.29. The predicted molar refractivity (Wildman–Crippen MR) is 81.1 cm³/mol. The van der Waals surface area contributed by atoms with E-state index in [2.05, 4.69) is 27.7 Å². The Bertz CT molecular complexity index is 371. The lowest BCUT2D eigenvalue weighted by Crippen LogP contribution is -2.29. The summed E-state index contributed by atoms with van der Waals surface area (Å²) in [6.45, 7) is 9.12. The Morgan fingerprint density at radius 2 is 1.89 bits per heavy atom. The molecule has 1 fully saturated rings. The second-order valence-electron chi connectivity index (χ2n) is 7.18. The number of hydrogen-bond acceptors (Lipinski definition) is 1. The van der Waals surface area contributed by atoms with Crippen molar-refractivity contribution >= 4 is 5.78 Å². The first-order valence-electron chi connectivity index (χ1n) is 8.26. The number of rotatable bonds is 6. The molecule has 0 heterocycles. The van der Waals surface area contributed by atoms with Crippen LogP contribution in [-0.4, -0.2) is 5.78 Å². The molecular weight excluding hydrogens is 232 g/mol. The number of carbonyl (C=O) groups is 1. The van der Waals surface area contributed by atoms with E-state index in [4.69, 9.17) is 0 Å². The molecular formula is C18H30O. The molecule has 0 radical (unpaired) electrons. The quantitative estimate of drug-likeness (QED) is 0.635. The van der Waals surface area contributed by atoms with Gasteiger partial charge in [0.1, 0.15) is 0 Å². The predicted octanol–water partition coefficient (Wildman–Crippen LogP) is 5.30. The van der Waals surface area contributed by atoms with Gasteiger partial charge in [0.2, 0.25) is 0 Å². The lowest BCUT2D eigenvalue weighted by atomic mass is 9.66. The SMILES string of the molecule is CCC1=C(C(=O)CCC2CC2)C(CC)CCC1(C)C. The Morgan fingerprint density at radius 1 is 1.21 bits per heavy atom. The fraction of sp³-hybridized carbons (Fsp3) is 0.833. The van der Waals surface area contributed by atoms with Gasteiger partial charge in [-0.15, -0.1) is 0 Å². The number of hydrogen-bond donors (Lipinski definition) is 0. The van der Waals surface area contributed by atoms with Crippen LogP contribution in [0.4, 0.5) is 0 Å². The Hall–Kier alpha value is -0.590. The minimum absolute atomic E-state index is 0.241. The smallest absolute Gasteiger partial charge is 0.159 e. The van der Waals surface area contributed by atoms with Crippen molar-refractivity contribution in [1.82, 2.24) is 0 Å². The topological polar surface area (TPSA) is 17.1 Å². The van der Waals surface area contributed by atoms with Crippen LogP contribution in [-0.2, 0) is 4.79 Å². The van der Waals surface area contributed by atoms with E-state index in [1.807, 2.05) is 0 Å². The van der Waals surface area contributed by atoms with E-state index in [1.54, 1.807) is 0 Å². The zero-order chi connectivity index (χ0) is 14.0. The molecule has 1 unspecified atom stereocenters. The molecule has 1 atom stereocenters. The van der Waals surface area contributed by atoms with Crippen molar-refractivity contribution in [3.8, 4) is 0 Å². The van der Waals surface area contributed by atoms with Crippen molar-refractivity contribution in [2.24, 2.45) is 17.3 Å². The average Bonchev–Trinajstić information content (AvgIpc) is 3.18. The first-order chi connectivity index (χ1) is 8.99. The highest BCUT2D eigenvalue weighted by molar-refractivity contribution is 5.97. The van der Waals surface area contributed by atoms with Gasteiger partial charge in [-0.1, -0.05) is 46.1 Å². The van der Waals surface area contributed by atoms with Crippen molar-refractivity contribution < 1.29 is 4.79 Å². The molecule has 0 aliphatic heterocycles. The Balaban J connectivity index is 2.21. The number of ketones is 1. The van der Waals surface area contributed by atoms with E-state index < -0.39 is 0 Å². The summed E-state index contributed by atoms with van der Waals surface area (Å²) in [7, 11) is 0. The fourth-order valence-electron chi connectivity index (χ4n) is 3.79. The van der Waals surface area contributed by atoms with Gasteiger partial charge in [0.05, 0.1) is 0 Å². The summed E-state index contributed by atoms with van der Waals surface area (Å²) in [4.78, 5) is 12.7. The number of allylic oxidation sites excluding steroid dienone is 2. The van der Waals surface area contributed by atoms with Crippen LogP contribution in [0.3, 0.4) is 0 Å². The largest absolute Gasteiger partial charge is 0.295 e. The summed E-state index contributed by atoms with van der Waals surface area (Å²) in [5.74, 6) is 1.88. The van der Waals surface area contributed by atoms with Crippen LogP contribution in [0.25, 0.3) is 0 Å². The molecule has 1 heteroatoms. The molecule has 0 aromatic rings. The lowest BCUT2D eigenvalue weighted by molar-refractivity contribution is -0.116. The van der Waals surface area contributed by atoms with Gasteiger partial charge in [0.25, 0.3) is 0 Å². The maximum atomic E-state index is 12.7. The molecule has 0 aromatic heterocycles. The Kier molecular flexibility index (Phi) is 4.53. The third-order valence-corrected chi connectivity index (χ3v) is 5.29. The van der Waals surface area contributed by atoms with Crippen LogP contribution in [0.2, 0.25) is 0 Å². The monoisotopic (exact) mass is 262 g/mol. The van der Waals surface area contributed by atoms with Gasteiger partial charge in [-0.25, -0.2) is 0 Å². The summed E-state index contributed by atoms with van der Waals surface area (Å²) in [5.41, 5.74) is 2.94. The second kappa shape index (κ2) is 5.81. The highest BCUT2D eigenvalue weighted by Crippen LogP contribution is 2.46. The highest BCUT2D eigenvalue weighted by atomic mass is 16.1. The Labute approximate surface area is 118 Å². The van der Waals surface area contributed by atoms with Crippen LogP contribution < -0.4 is 0 Å². The third kappa shape index (κ3) is 3.30. The van der Waals surface area contributed by atoms with E-state index in [0.717, 1.165) is 31.6 Å². The van der Waals surface area contributed by atoms with Crippen molar-refractivity contribution in [3.63, 3.8) is 0 Å². The maximum Gasteiger partial charge on any atom is 0.159 e. The zero-order valence-electron chi connectivity index (χ0n) is 13.2. The van der Waals surface area contributed by atoms with Crippen molar-refractivity contribution in [3.05, 3.63) is 11.1 Å². The summed E-state index contributed by atoms with van der Waals surface area (Å²) in [6, 6.07) is 0. The molecule has 0 N–H and O–H groups in total. The van der Waals surface area contributed by atoms with Crippen LogP contribution >= 0.6 is 0 Å². The molecule has 19 heavy (non-hydrogen) atoms. The van der Waals surface area contributed by atoms with Crippen molar-refractivity contribution in [1.29, 1.82) is 0 Å². The first-order valence-corrected chi connectivity index (χ1v) is 8.26. The average molecular weight is 262 g/mol. The summed E-state index contributed by atoms with van der Waals surface area (Å²) >= 11 is 0. The molecule has 2 rings (SSSR count). The summed E-state index contributed by atoms with van der Waals surface area (Å²) in [5, 5.41) is 0. The summed E-state index contributed by atoms with van der Waals surface area (Å²) < 4.78 is 0. The van der Waals surface area contributed by atoms with Crippen LogP contribution in [0.5, 0.6) is 0 Å². The molecule has 1 nitrogen and oxygen atoms in total. The van der Waals surface area contributed by atoms with Gasteiger partial charge in [-0.05, 0) is 54.9 Å². The van der Waals surface area contributed by atoms with E-state index in [1.165, 1.54) is 36.8 Å². The van der Waals surface area contributed by atoms with Crippen molar-refractivity contribution in [2.75, 3.05) is 0 Å². The molecule has 0 amide bonds. The van der Waals surface area contributed by atoms with Gasteiger partial charge in [-0.3, -0.25) is 4.79 Å². The molecule has 2 aliphatic rings. The van der Waals surface area contributed by atoms with Gasteiger partial charge in [-0.2, -0.15) is 0 Å². The molecule has 0 spiro atoms. The lowest BCUT2D eigenvalue weighted by Gasteiger charge is -2.38. The van der Waals surface area contributed by atoms with E-state index in [-0.39, 0.29) is 5.41 Å². The van der Waals surface area contributed by atoms with Gasteiger partial charge in [0, 0.05) is 6.42 Å². The van der Waals surface area contributed by atoms with E-state index in [0.29, 0.717) is 11.7 Å². The normalized spacial score (nSPS) is 26.6. The molecule has 108 valence electrons. The van der Waals surface area contributed by atoms with Crippen molar-refractivity contribution in [2.45, 2.75) is 79.1 Å². The Morgan fingerprint density at radius 3 is 2.42 bits per heavy atom. The van der Waals surface area contributed by atoms with Gasteiger partial charge < -0.3 is 0 Å². The summed E-state index contributed by atoms with van der Waals surface area (Å²) in [6.07, 6.45) is 9.28. The van der Waals surface area contributed by atoms with Gasteiger partial charge >= 0.3 is 0 Å². The minimum atomic E-state index is 0.241. The van der Waals surface area contributed by atoms with Crippen LogP contribution in [0.1, 0.15) is 79.1 Å². The zero-order valence-corrected chi connectivity index (χ0v) is 13.2. The number of carbonyl (C=O) groups excluding carboxylic acids is 1. The van der Waals surface area contributed by atoms with E-state index in [9.17, 15) is 4.79 Å². The van der Waals surface area contributed by atoms with Gasteiger partial charge in [0.15, 0.2) is 5.78 Å². The molecule has 2 aliphatic carbocycles. The second-order valence-corrected chi connectivity index (χ2v) is 7.18. The minimum Gasteiger partial charge on any atom is -0.295 e. The highest BCUT2D eigenvalue weighted by Gasteiger charge is 2.36. The van der Waals surface area contributed by atoms with Crippen LogP contribution in [0.15, 0.2) is 11.1 Å². The molecule has 0 aromatic carbocycles. The fourth-order valence-corrected chi connectivity index (χ4v) is 3.79. The molecule has 0 saturated heterocycles. The molecule has 0 bridgehead atoms.